The predicted molar refractivity (Wildman–Crippen MR) is 119 cm³/mol. The van der Waals surface area contributed by atoms with E-state index < -0.39 is 0 Å². The van der Waals surface area contributed by atoms with Crippen LogP contribution in [0.4, 0.5) is 0 Å². The molecule has 172 valence electrons. The van der Waals surface area contributed by atoms with Gasteiger partial charge in [-0.05, 0) is 24.1 Å². The van der Waals surface area contributed by atoms with Crippen molar-refractivity contribution in [3.8, 4) is 0 Å². The standard InChI is InChI=1S/C23H29N3O3.CH2O2/c1-18-4-6-19(7-5-18)15-22(27)26-11-14-29-21(17-25-9-12-28-13-10-25)23(26)20-3-2-8-24-16-20;2-1-3/h2-8,16,21,23H,9-15,17H2,1H3;1H,(H,2,3)/t21-,23-;/m0./s1. The van der Waals surface area contributed by atoms with Crippen molar-refractivity contribution >= 4 is 12.4 Å². The van der Waals surface area contributed by atoms with Crippen molar-refractivity contribution in [2.75, 3.05) is 46.0 Å². The minimum atomic E-state index is -0.250. The van der Waals surface area contributed by atoms with Crippen LogP contribution in [0.15, 0.2) is 48.8 Å². The summed E-state index contributed by atoms with van der Waals surface area (Å²) in [6.45, 7) is 7.06. The highest BCUT2D eigenvalue weighted by Crippen LogP contribution is 2.30. The number of carbonyl (C=O) groups excluding carboxylic acids is 1. The first-order chi connectivity index (χ1) is 15.6. The van der Waals surface area contributed by atoms with Crippen LogP contribution in [0.3, 0.4) is 0 Å². The van der Waals surface area contributed by atoms with Gasteiger partial charge in [0, 0.05) is 38.6 Å². The lowest BCUT2D eigenvalue weighted by Gasteiger charge is -2.43. The zero-order chi connectivity index (χ0) is 22.8. The van der Waals surface area contributed by atoms with Crippen molar-refractivity contribution in [2.45, 2.75) is 25.5 Å². The Kier molecular flexibility index (Phi) is 9.15. The van der Waals surface area contributed by atoms with E-state index in [2.05, 4.69) is 28.9 Å². The summed E-state index contributed by atoms with van der Waals surface area (Å²) < 4.78 is 11.7. The Bertz CT molecular complexity index is 840. The number of hydrogen-bond acceptors (Lipinski definition) is 6. The second-order valence-corrected chi connectivity index (χ2v) is 7.91. The molecule has 0 saturated carbocycles. The van der Waals surface area contributed by atoms with Crippen LogP contribution >= 0.6 is 0 Å². The quantitative estimate of drug-likeness (QED) is 0.709. The summed E-state index contributed by atoms with van der Waals surface area (Å²) in [5, 5.41) is 6.89. The summed E-state index contributed by atoms with van der Waals surface area (Å²) in [5.41, 5.74) is 3.27. The predicted octanol–water partition coefficient (Wildman–Crippen LogP) is 1.93. The lowest BCUT2D eigenvalue weighted by molar-refractivity contribution is -0.148. The number of rotatable bonds is 5. The first-order valence-corrected chi connectivity index (χ1v) is 10.9. The smallest absolute Gasteiger partial charge is 0.290 e. The number of nitrogens with zero attached hydrogens (tertiary/aromatic N) is 3. The summed E-state index contributed by atoms with van der Waals surface area (Å²) in [6, 6.07) is 12.0. The first-order valence-electron chi connectivity index (χ1n) is 10.9. The fourth-order valence-electron chi connectivity index (χ4n) is 4.13. The molecule has 0 bridgehead atoms. The van der Waals surface area contributed by atoms with E-state index in [1.807, 2.05) is 35.4 Å². The van der Waals surface area contributed by atoms with Gasteiger partial charge in [-0.2, -0.15) is 0 Å². The third-order valence-electron chi connectivity index (χ3n) is 5.72. The molecule has 32 heavy (non-hydrogen) atoms. The van der Waals surface area contributed by atoms with Crippen LogP contribution in [-0.4, -0.2) is 84.4 Å². The minimum absolute atomic E-state index is 0.0759. The van der Waals surface area contributed by atoms with Crippen molar-refractivity contribution in [3.05, 3.63) is 65.5 Å². The molecule has 2 aromatic rings. The Morgan fingerprint density at radius 3 is 2.53 bits per heavy atom. The molecule has 2 saturated heterocycles. The van der Waals surface area contributed by atoms with Crippen molar-refractivity contribution in [2.24, 2.45) is 0 Å². The summed E-state index contributed by atoms with van der Waals surface area (Å²) in [5.74, 6) is 0.137. The zero-order valence-corrected chi connectivity index (χ0v) is 18.4. The highest BCUT2D eigenvalue weighted by molar-refractivity contribution is 5.79. The average molecular weight is 442 g/mol. The number of aromatic nitrogens is 1. The number of carbonyl (C=O) groups is 2. The molecule has 1 N–H and O–H groups in total. The van der Waals surface area contributed by atoms with Gasteiger partial charge in [-0.25, -0.2) is 0 Å². The number of amides is 1. The maximum atomic E-state index is 13.3. The number of morpholine rings is 2. The summed E-state index contributed by atoms with van der Waals surface area (Å²) >= 11 is 0. The van der Waals surface area contributed by atoms with Crippen LogP contribution in [0.5, 0.6) is 0 Å². The number of ether oxygens (including phenoxy) is 2. The lowest BCUT2D eigenvalue weighted by Crippen LogP contribution is -2.53. The molecule has 0 unspecified atom stereocenters. The minimum Gasteiger partial charge on any atom is -0.483 e. The topological polar surface area (TPSA) is 92.2 Å². The van der Waals surface area contributed by atoms with Gasteiger partial charge in [0.05, 0.1) is 38.4 Å². The van der Waals surface area contributed by atoms with E-state index >= 15 is 0 Å². The van der Waals surface area contributed by atoms with E-state index in [0.717, 1.165) is 44.0 Å². The van der Waals surface area contributed by atoms with Gasteiger partial charge >= 0.3 is 0 Å². The Hall–Kier alpha value is -2.81. The molecule has 4 rings (SSSR count). The largest absolute Gasteiger partial charge is 0.483 e. The highest BCUT2D eigenvalue weighted by atomic mass is 16.5. The van der Waals surface area contributed by atoms with Crippen LogP contribution in [0, 0.1) is 6.92 Å². The molecule has 0 radical (unpaired) electrons. The second kappa shape index (κ2) is 12.3. The van der Waals surface area contributed by atoms with Crippen LogP contribution in [-0.2, 0) is 25.5 Å². The Morgan fingerprint density at radius 1 is 1.16 bits per heavy atom. The van der Waals surface area contributed by atoms with Crippen LogP contribution in [0.2, 0.25) is 0 Å². The fourth-order valence-corrected chi connectivity index (χ4v) is 4.13. The summed E-state index contributed by atoms with van der Waals surface area (Å²) in [7, 11) is 0. The summed E-state index contributed by atoms with van der Waals surface area (Å²) in [6.07, 6.45) is 3.95. The van der Waals surface area contributed by atoms with Gasteiger partial charge in [0.2, 0.25) is 5.91 Å². The maximum Gasteiger partial charge on any atom is 0.290 e. The van der Waals surface area contributed by atoms with E-state index in [1.54, 1.807) is 6.20 Å². The molecule has 2 aliphatic heterocycles. The third-order valence-corrected chi connectivity index (χ3v) is 5.72. The first kappa shape index (κ1) is 23.8. The highest BCUT2D eigenvalue weighted by Gasteiger charge is 2.37. The van der Waals surface area contributed by atoms with Gasteiger partial charge in [-0.3, -0.25) is 19.5 Å². The molecule has 2 atom stereocenters. The third kappa shape index (κ3) is 6.59. The number of benzene rings is 1. The zero-order valence-electron chi connectivity index (χ0n) is 18.4. The van der Waals surface area contributed by atoms with Gasteiger partial charge in [-0.15, -0.1) is 0 Å². The van der Waals surface area contributed by atoms with Crippen molar-refractivity contribution in [1.29, 1.82) is 0 Å². The number of pyridine rings is 1. The van der Waals surface area contributed by atoms with Gasteiger partial charge < -0.3 is 19.5 Å². The molecule has 8 nitrogen and oxygen atoms in total. The molecular formula is C24H31N3O5. The van der Waals surface area contributed by atoms with Crippen molar-refractivity contribution in [3.63, 3.8) is 0 Å². The van der Waals surface area contributed by atoms with E-state index in [9.17, 15) is 4.79 Å². The number of hydrogen-bond donors (Lipinski definition) is 1. The molecule has 1 aromatic carbocycles. The summed E-state index contributed by atoms with van der Waals surface area (Å²) in [4.78, 5) is 30.3. The van der Waals surface area contributed by atoms with Crippen LogP contribution in [0.1, 0.15) is 22.7 Å². The van der Waals surface area contributed by atoms with Crippen molar-refractivity contribution < 1.29 is 24.2 Å². The molecule has 0 aliphatic carbocycles. The van der Waals surface area contributed by atoms with Gasteiger partial charge in [0.1, 0.15) is 0 Å². The van der Waals surface area contributed by atoms with Gasteiger partial charge in [0.15, 0.2) is 0 Å². The Balaban J connectivity index is 0.000000913. The average Bonchev–Trinajstić information content (AvgIpc) is 2.82. The lowest BCUT2D eigenvalue weighted by atomic mass is 9.97. The molecule has 8 heteroatoms. The number of aryl methyl sites for hydroxylation is 1. The molecule has 0 spiro atoms. The molecule has 2 aliphatic rings. The normalized spacial score (nSPS) is 21.3. The second-order valence-electron chi connectivity index (χ2n) is 7.91. The van der Waals surface area contributed by atoms with Gasteiger partial charge in [0.25, 0.3) is 6.47 Å². The monoisotopic (exact) mass is 441 g/mol. The van der Waals surface area contributed by atoms with Crippen LogP contribution in [0.25, 0.3) is 0 Å². The SMILES string of the molecule is Cc1ccc(CC(=O)N2CCO[C@@H](CN3CCOCC3)[C@@H]2c2cccnc2)cc1.O=CO. The number of carboxylic acid groups (broad SMARTS) is 1. The molecular weight excluding hydrogens is 410 g/mol. The van der Waals surface area contributed by atoms with E-state index in [4.69, 9.17) is 19.4 Å². The molecule has 3 heterocycles. The van der Waals surface area contributed by atoms with E-state index in [0.29, 0.717) is 19.6 Å². The van der Waals surface area contributed by atoms with Crippen molar-refractivity contribution in [1.82, 2.24) is 14.8 Å². The molecule has 2 fully saturated rings. The fraction of sp³-hybridized carbons (Fsp3) is 0.458. The molecule has 1 amide bonds. The maximum absolute atomic E-state index is 13.3. The Labute approximate surface area is 188 Å². The van der Waals surface area contributed by atoms with E-state index in [-0.39, 0.29) is 24.5 Å². The van der Waals surface area contributed by atoms with Crippen LogP contribution < -0.4 is 0 Å². The Morgan fingerprint density at radius 2 is 1.88 bits per heavy atom. The molecule has 1 aromatic heterocycles. The van der Waals surface area contributed by atoms with Gasteiger partial charge in [-0.1, -0.05) is 35.9 Å². The van der Waals surface area contributed by atoms with E-state index in [1.165, 1.54) is 5.56 Å².